The van der Waals surface area contributed by atoms with E-state index in [1.165, 1.54) is 38.0 Å². The van der Waals surface area contributed by atoms with E-state index in [0.29, 0.717) is 5.56 Å². The van der Waals surface area contributed by atoms with Gasteiger partial charge in [0.2, 0.25) is 5.82 Å². The molecule has 0 spiro atoms. The zero-order valence-electron chi connectivity index (χ0n) is 13.5. The van der Waals surface area contributed by atoms with Crippen molar-refractivity contribution in [3.63, 3.8) is 0 Å². The SMILES string of the molecule is CCCCCc1ccc(C#Cc2ccc(F)c(F)c2OC)cc1. The first-order valence-electron chi connectivity index (χ1n) is 7.78. The Balaban J connectivity index is 2.14. The van der Waals surface area contributed by atoms with Crippen LogP contribution in [0.3, 0.4) is 0 Å². The fraction of sp³-hybridized carbons (Fsp3) is 0.300. The summed E-state index contributed by atoms with van der Waals surface area (Å²) in [6, 6.07) is 10.5. The molecule has 0 atom stereocenters. The Morgan fingerprint density at radius 2 is 1.70 bits per heavy atom. The van der Waals surface area contributed by atoms with Gasteiger partial charge in [0.15, 0.2) is 11.6 Å². The van der Waals surface area contributed by atoms with Crippen molar-refractivity contribution < 1.29 is 13.5 Å². The summed E-state index contributed by atoms with van der Waals surface area (Å²) < 4.78 is 31.7. The fourth-order valence-corrected chi connectivity index (χ4v) is 2.30. The monoisotopic (exact) mass is 314 g/mol. The van der Waals surface area contributed by atoms with E-state index in [9.17, 15) is 8.78 Å². The average molecular weight is 314 g/mol. The van der Waals surface area contributed by atoms with Crippen LogP contribution in [-0.4, -0.2) is 7.11 Å². The number of halogens is 2. The minimum Gasteiger partial charge on any atom is -0.492 e. The first kappa shape index (κ1) is 17.0. The number of benzene rings is 2. The first-order chi connectivity index (χ1) is 11.2. The minimum absolute atomic E-state index is 0.159. The molecule has 0 bridgehead atoms. The Bertz CT molecular complexity index is 709. The molecule has 0 amide bonds. The summed E-state index contributed by atoms with van der Waals surface area (Å²) in [6.07, 6.45) is 4.70. The second-order valence-corrected chi connectivity index (χ2v) is 5.35. The van der Waals surface area contributed by atoms with Crippen LogP contribution < -0.4 is 4.74 Å². The maximum absolute atomic E-state index is 13.6. The molecular formula is C20H20F2O. The molecule has 0 heterocycles. The van der Waals surface area contributed by atoms with Gasteiger partial charge in [0, 0.05) is 5.56 Å². The standard InChI is InChI=1S/C20H20F2O/c1-3-4-5-6-15-7-9-16(10-8-15)11-12-17-13-14-18(21)19(22)20(17)23-2/h7-10,13-14H,3-6H2,1-2H3. The number of rotatable bonds is 5. The van der Waals surface area contributed by atoms with Crippen molar-refractivity contribution in [2.75, 3.05) is 7.11 Å². The number of ether oxygens (including phenoxy) is 1. The number of hydrogen-bond donors (Lipinski definition) is 0. The van der Waals surface area contributed by atoms with Crippen LogP contribution in [0.2, 0.25) is 0 Å². The van der Waals surface area contributed by atoms with Crippen molar-refractivity contribution in [2.45, 2.75) is 32.6 Å². The number of aryl methyl sites for hydroxylation is 1. The second kappa shape index (κ2) is 8.33. The van der Waals surface area contributed by atoms with Crippen LogP contribution in [-0.2, 0) is 6.42 Å². The highest BCUT2D eigenvalue weighted by Gasteiger charge is 2.12. The quantitative estimate of drug-likeness (QED) is 0.551. The molecule has 0 aromatic heterocycles. The fourth-order valence-electron chi connectivity index (χ4n) is 2.30. The molecule has 23 heavy (non-hydrogen) atoms. The molecule has 2 aromatic rings. The van der Waals surface area contributed by atoms with Gasteiger partial charge in [-0.05, 0) is 42.7 Å². The Morgan fingerprint density at radius 1 is 0.957 bits per heavy atom. The van der Waals surface area contributed by atoms with Crippen molar-refractivity contribution in [3.05, 3.63) is 64.7 Å². The summed E-state index contributed by atoms with van der Waals surface area (Å²) in [5.41, 5.74) is 2.45. The molecule has 3 heteroatoms. The topological polar surface area (TPSA) is 9.23 Å². The largest absolute Gasteiger partial charge is 0.492 e. The van der Waals surface area contributed by atoms with E-state index in [0.717, 1.165) is 18.1 Å². The lowest BCUT2D eigenvalue weighted by molar-refractivity contribution is 0.370. The average Bonchev–Trinajstić information content (AvgIpc) is 2.57. The molecule has 2 aromatic carbocycles. The predicted molar refractivity (Wildman–Crippen MR) is 88.6 cm³/mol. The van der Waals surface area contributed by atoms with Gasteiger partial charge in [-0.3, -0.25) is 0 Å². The van der Waals surface area contributed by atoms with Crippen molar-refractivity contribution in [1.29, 1.82) is 0 Å². The third-order valence-electron chi connectivity index (χ3n) is 3.62. The van der Waals surface area contributed by atoms with Crippen molar-refractivity contribution >= 4 is 0 Å². The zero-order valence-corrected chi connectivity index (χ0v) is 13.5. The highest BCUT2D eigenvalue weighted by atomic mass is 19.2. The lowest BCUT2D eigenvalue weighted by atomic mass is 10.1. The van der Waals surface area contributed by atoms with Crippen molar-refractivity contribution in [3.8, 4) is 17.6 Å². The van der Waals surface area contributed by atoms with Crippen LogP contribution in [0.5, 0.6) is 5.75 Å². The Morgan fingerprint density at radius 3 is 2.35 bits per heavy atom. The minimum atomic E-state index is -1.01. The summed E-state index contributed by atoms with van der Waals surface area (Å²) in [5, 5.41) is 0. The maximum atomic E-state index is 13.6. The normalized spacial score (nSPS) is 10.1. The molecule has 0 aliphatic heterocycles. The van der Waals surface area contributed by atoms with Gasteiger partial charge in [-0.2, -0.15) is 4.39 Å². The highest BCUT2D eigenvalue weighted by Crippen LogP contribution is 2.24. The van der Waals surface area contributed by atoms with Gasteiger partial charge in [0.05, 0.1) is 12.7 Å². The summed E-state index contributed by atoms with van der Waals surface area (Å²) in [4.78, 5) is 0. The first-order valence-corrected chi connectivity index (χ1v) is 7.78. The van der Waals surface area contributed by atoms with Crippen LogP contribution in [0.15, 0.2) is 36.4 Å². The molecule has 0 aliphatic rings. The smallest absolute Gasteiger partial charge is 0.201 e. The van der Waals surface area contributed by atoms with Gasteiger partial charge < -0.3 is 4.74 Å². The Hall–Kier alpha value is -2.34. The third kappa shape index (κ3) is 4.56. The van der Waals surface area contributed by atoms with E-state index >= 15 is 0 Å². The molecule has 2 rings (SSSR count). The van der Waals surface area contributed by atoms with E-state index in [1.807, 2.05) is 12.1 Å². The van der Waals surface area contributed by atoms with E-state index in [2.05, 4.69) is 30.9 Å². The van der Waals surface area contributed by atoms with Crippen LogP contribution in [0.25, 0.3) is 0 Å². The molecular weight excluding hydrogens is 294 g/mol. The van der Waals surface area contributed by atoms with Crippen LogP contribution in [0.4, 0.5) is 8.78 Å². The molecule has 0 fully saturated rings. The molecule has 0 saturated heterocycles. The number of hydrogen-bond acceptors (Lipinski definition) is 1. The molecule has 0 N–H and O–H groups in total. The molecule has 120 valence electrons. The van der Waals surface area contributed by atoms with Crippen LogP contribution in [0.1, 0.15) is 42.9 Å². The van der Waals surface area contributed by atoms with Gasteiger partial charge in [-0.15, -0.1) is 0 Å². The second-order valence-electron chi connectivity index (χ2n) is 5.35. The predicted octanol–water partition coefficient (Wildman–Crippen LogP) is 5.11. The van der Waals surface area contributed by atoms with E-state index in [1.54, 1.807) is 0 Å². The molecule has 0 saturated carbocycles. The van der Waals surface area contributed by atoms with Crippen molar-refractivity contribution in [2.24, 2.45) is 0 Å². The Labute approximate surface area is 136 Å². The molecule has 0 unspecified atom stereocenters. The van der Waals surface area contributed by atoms with Gasteiger partial charge in [0.1, 0.15) is 0 Å². The number of methoxy groups -OCH3 is 1. The third-order valence-corrected chi connectivity index (χ3v) is 3.62. The Kier molecular flexibility index (Phi) is 6.17. The molecule has 1 nitrogen and oxygen atoms in total. The molecule has 0 aliphatic carbocycles. The zero-order chi connectivity index (χ0) is 16.7. The van der Waals surface area contributed by atoms with Gasteiger partial charge in [0.25, 0.3) is 0 Å². The summed E-state index contributed by atoms with van der Waals surface area (Å²) in [6.45, 7) is 2.19. The summed E-state index contributed by atoms with van der Waals surface area (Å²) in [7, 11) is 1.30. The highest BCUT2D eigenvalue weighted by molar-refractivity contribution is 5.50. The van der Waals surface area contributed by atoms with Gasteiger partial charge in [-0.1, -0.05) is 43.7 Å². The van der Waals surface area contributed by atoms with Crippen LogP contribution >= 0.6 is 0 Å². The van der Waals surface area contributed by atoms with Gasteiger partial charge >= 0.3 is 0 Å². The van der Waals surface area contributed by atoms with E-state index in [-0.39, 0.29) is 5.75 Å². The maximum Gasteiger partial charge on any atom is 0.201 e. The van der Waals surface area contributed by atoms with Gasteiger partial charge in [-0.25, -0.2) is 4.39 Å². The summed E-state index contributed by atoms with van der Waals surface area (Å²) in [5.74, 6) is 3.69. The number of unbranched alkanes of at least 4 members (excludes halogenated alkanes) is 2. The molecule has 0 radical (unpaired) electrons. The van der Waals surface area contributed by atoms with E-state index < -0.39 is 11.6 Å². The van der Waals surface area contributed by atoms with E-state index in [4.69, 9.17) is 4.74 Å². The van der Waals surface area contributed by atoms with Crippen LogP contribution in [0, 0.1) is 23.5 Å². The van der Waals surface area contributed by atoms with Crippen molar-refractivity contribution in [1.82, 2.24) is 0 Å². The lowest BCUT2D eigenvalue weighted by Gasteiger charge is -2.04. The summed E-state index contributed by atoms with van der Waals surface area (Å²) >= 11 is 0. The lowest BCUT2D eigenvalue weighted by Crippen LogP contribution is -1.95.